The fourth-order valence-electron chi connectivity index (χ4n) is 3.48. The number of aryl methyl sites for hydroxylation is 2. The van der Waals surface area contributed by atoms with Gasteiger partial charge in [0.15, 0.2) is 0 Å². The first-order chi connectivity index (χ1) is 9.89. The maximum Gasteiger partial charge on any atom is 0.0624 e. The quantitative estimate of drug-likeness (QED) is 0.865. The normalized spacial score (nSPS) is 18.3. The van der Waals surface area contributed by atoms with Crippen LogP contribution in [0.5, 0.6) is 0 Å². The van der Waals surface area contributed by atoms with Crippen LogP contribution in [0.1, 0.15) is 64.8 Å². The molecule has 1 saturated carbocycles. The lowest BCUT2D eigenvalue weighted by atomic mass is 9.86. The van der Waals surface area contributed by atoms with E-state index in [9.17, 15) is 0 Å². The molecule has 21 heavy (non-hydrogen) atoms. The molecule has 120 valence electrons. The molecule has 1 N–H and O–H groups in total. The van der Waals surface area contributed by atoms with Gasteiger partial charge in [0.25, 0.3) is 0 Å². The topological polar surface area (TPSA) is 29.9 Å². The molecule has 1 aromatic rings. The van der Waals surface area contributed by atoms with Gasteiger partial charge >= 0.3 is 0 Å². The summed E-state index contributed by atoms with van der Waals surface area (Å²) in [5, 5.41) is 8.34. The van der Waals surface area contributed by atoms with Crippen LogP contribution in [-0.2, 0) is 19.9 Å². The van der Waals surface area contributed by atoms with E-state index < -0.39 is 0 Å². The summed E-state index contributed by atoms with van der Waals surface area (Å²) in [6.45, 7) is 10.1. The van der Waals surface area contributed by atoms with E-state index in [-0.39, 0.29) is 5.54 Å². The standard InChI is InChI=1S/C18H33N3/c1-6-16-12-17(21(5)20-16)11-15(13-19-18(2,3)4)14-9-7-8-10-14/h12,14-15,19H,6-11,13H2,1-5H3. The first-order valence-corrected chi connectivity index (χ1v) is 8.66. The Hall–Kier alpha value is -0.830. The third-order valence-electron chi connectivity index (χ3n) is 4.82. The SMILES string of the molecule is CCc1cc(CC(CNC(C)(C)C)C2CCCC2)n(C)n1. The molecule has 1 aliphatic carbocycles. The van der Waals surface area contributed by atoms with Gasteiger partial charge in [-0.15, -0.1) is 0 Å². The number of hydrogen-bond donors (Lipinski definition) is 1. The molecule has 3 heteroatoms. The van der Waals surface area contributed by atoms with Gasteiger partial charge in [0.05, 0.1) is 5.69 Å². The number of nitrogens with zero attached hydrogens (tertiary/aromatic N) is 2. The van der Waals surface area contributed by atoms with Crippen LogP contribution in [0.25, 0.3) is 0 Å². The average Bonchev–Trinajstić information content (AvgIpc) is 3.03. The minimum Gasteiger partial charge on any atom is -0.312 e. The maximum absolute atomic E-state index is 4.61. The molecule has 1 fully saturated rings. The first kappa shape index (κ1) is 16.5. The Labute approximate surface area is 130 Å². The molecule has 0 radical (unpaired) electrons. The molecule has 1 heterocycles. The summed E-state index contributed by atoms with van der Waals surface area (Å²) in [5.41, 5.74) is 2.83. The summed E-state index contributed by atoms with van der Waals surface area (Å²) < 4.78 is 2.10. The molecular formula is C18H33N3. The fraction of sp³-hybridized carbons (Fsp3) is 0.833. The van der Waals surface area contributed by atoms with Gasteiger partial charge in [-0.25, -0.2) is 0 Å². The molecule has 1 aromatic heterocycles. The average molecular weight is 291 g/mol. The Balaban J connectivity index is 2.05. The van der Waals surface area contributed by atoms with E-state index in [2.05, 4.69) is 55.9 Å². The Morgan fingerprint density at radius 1 is 1.33 bits per heavy atom. The predicted molar refractivity (Wildman–Crippen MR) is 89.5 cm³/mol. The minimum absolute atomic E-state index is 0.206. The molecule has 1 atom stereocenters. The Morgan fingerprint density at radius 2 is 2.00 bits per heavy atom. The highest BCUT2D eigenvalue weighted by molar-refractivity contribution is 5.11. The van der Waals surface area contributed by atoms with Crippen LogP contribution in [0.15, 0.2) is 6.07 Å². The number of rotatable bonds is 6. The van der Waals surface area contributed by atoms with Gasteiger partial charge in [-0.05, 0) is 58.1 Å². The molecule has 1 aliphatic rings. The second-order valence-corrected chi connectivity index (χ2v) is 7.74. The maximum atomic E-state index is 4.61. The number of hydrogen-bond acceptors (Lipinski definition) is 2. The van der Waals surface area contributed by atoms with Crippen LogP contribution in [0, 0.1) is 11.8 Å². The van der Waals surface area contributed by atoms with Gasteiger partial charge in [-0.3, -0.25) is 4.68 Å². The molecule has 1 unspecified atom stereocenters. The second-order valence-electron chi connectivity index (χ2n) is 7.74. The lowest BCUT2D eigenvalue weighted by Gasteiger charge is -2.29. The van der Waals surface area contributed by atoms with Gasteiger partial charge in [-0.1, -0.05) is 32.6 Å². The summed E-state index contributed by atoms with van der Waals surface area (Å²) >= 11 is 0. The second kappa shape index (κ2) is 6.95. The molecule has 3 nitrogen and oxygen atoms in total. The van der Waals surface area contributed by atoms with E-state index >= 15 is 0 Å². The van der Waals surface area contributed by atoms with Gasteiger partial charge in [-0.2, -0.15) is 5.10 Å². The van der Waals surface area contributed by atoms with E-state index in [0.29, 0.717) is 0 Å². The molecular weight excluding hydrogens is 258 g/mol. The Kier molecular flexibility index (Phi) is 5.48. The van der Waals surface area contributed by atoms with Crippen molar-refractivity contribution in [2.45, 2.75) is 71.8 Å². The van der Waals surface area contributed by atoms with Crippen molar-refractivity contribution in [3.05, 3.63) is 17.5 Å². The van der Waals surface area contributed by atoms with Crippen molar-refractivity contribution in [1.82, 2.24) is 15.1 Å². The monoisotopic (exact) mass is 291 g/mol. The summed E-state index contributed by atoms with van der Waals surface area (Å²) in [4.78, 5) is 0. The summed E-state index contributed by atoms with van der Waals surface area (Å²) in [5.74, 6) is 1.63. The van der Waals surface area contributed by atoms with E-state index in [1.807, 2.05) is 0 Å². The van der Waals surface area contributed by atoms with Crippen LogP contribution in [0.4, 0.5) is 0 Å². The van der Waals surface area contributed by atoms with E-state index in [1.165, 1.54) is 37.1 Å². The molecule has 0 spiro atoms. The largest absolute Gasteiger partial charge is 0.312 e. The lowest BCUT2D eigenvalue weighted by molar-refractivity contribution is 0.283. The van der Waals surface area contributed by atoms with Crippen LogP contribution in [0.2, 0.25) is 0 Å². The van der Waals surface area contributed by atoms with Gasteiger partial charge in [0, 0.05) is 18.3 Å². The van der Waals surface area contributed by atoms with E-state index in [0.717, 1.165) is 31.2 Å². The predicted octanol–water partition coefficient (Wildman–Crippen LogP) is 3.72. The molecule has 0 saturated heterocycles. The van der Waals surface area contributed by atoms with Crippen LogP contribution in [0.3, 0.4) is 0 Å². The van der Waals surface area contributed by atoms with Crippen LogP contribution >= 0.6 is 0 Å². The number of nitrogens with one attached hydrogen (secondary N) is 1. The fourth-order valence-corrected chi connectivity index (χ4v) is 3.48. The van der Waals surface area contributed by atoms with Crippen molar-refractivity contribution in [3.63, 3.8) is 0 Å². The van der Waals surface area contributed by atoms with Crippen LogP contribution in [-0.4, -0.2) is 21.9 Å². The zero-order valence-corrected chi connectivity index (χ0v) is 14.6. The smallest absolute Gasteiger partial charge is 0.0624 e. The molecule has 2 rings (SSSR count). The lowest BCUT2D eigenvalue weighted by Crippen LogP contribution is -2.41. The Bertz CT molecular complexity index is 436. The van der Waals surface area contributed by atoms with Gasteiger partial charge in [0.1, 0.15) is 0 Å². The van der Waals surface area contributed by atoms with E-state index in [4.69, 9.17) is 0 Å². The zero-order valence-electron chi connectivity index (χ0n) is 14.6. The zero-order chi connectivity index (χ0) is 15.5. The molecule has 0 amide bonds. The van der Waals surface area contributed by atoms with Crippen molar-refractivity contribution in [1.29, 1.82) is 0 Å². The van der Waals surface area contributed by atoms with Crippen molar-refractivity contribution >= 4 is 0 Å². The van der Waals surface area contributed by atoms with Crippen molar-refractivity contribution < 1.29 is 0 Å². The van der Waals surface area contributed by atoms with Gasteiger partial charge < -0.3 is 5.32 Å². The van der Waals surface area contributed by atoms with Crippen molar-refractivity contribution in [2.75, 3.05) is 6.54 Å². The molecule has 0 aliphatic heterocycles. The first-order valence-electron chi connectivity index (χ1n) is 8.66. The minimum atomic E-state index is 0.206. The Morgan fingerprint density at radius 3 is 2.52 bits per heavy atom. The summed E-state index contributed by atoms with van der Waals surface area (Å²) in [6.07, 6.45) is 7.86. The summed E-state index contributed by atoms with van der Waals surface area (Å²) in [6, 6.07) is 2.30. The third kappa shape index (κ3) is 4.84. The molecule has 0 aromatic carbocycles. The highest BCUT2D eigenvalue weighted by Gasteiger charge is 2.27. The summed E-state index contributed by atoms with van der Waals surface area (Å²) in [7, 11) is 2.09. The van der Waals surface area contributed by atoms with Crippen LogP contribution < -0.4 is 5.32 Å². The van der Waals surface area contributed by atoms with Crippen molar-refractivity contribution in [3.8, 4) is 0 Å². The molecule has 0 bridgehead atoms. The number of aromatic nitrogens is 2. The third-order valence-corrected chi connectivity index (χ3v) is 4.82. The highest BCUT2D eigenvalue weighted by Crippen LogP contribution is 2.33. The highest BCUT2D eigenvalue weighted by atomic mass is 15.3. The van der Waals surface area contributed by atoms with E-state index in [1.54, 1.807) is 0 Å². The van der Waals surface area contributed by atoms with Crippen molar-refractivity contribution in [2.24, 2.45) is 18.9 Å². The van der Waals surface area contributed by atoms with Gasteiger partial charge in [0.2, 0.25) is 0 Å².